The smallest absolute Gasteiger partial charge is 0.459 e. The molecule has 0 unspecified atom stereocenters. The van der Waals surface area contributed by atoms with Gasteiger partial charge < -0.3 is 24.4 Å². The number of halogens is 1. The molecule has 0 saturated carbocycles. The van der Waals surface area contributed by atoms with E-state index in [0.717, 1.165) is 0 Å². The molecule has 15 heteroatoms. The molecule has 6 atom stereocenters. The molecular weight excluding hydrogens is 546 g/mol. The Labute approximate surface area is 230 Å². The van der Waals surface area contributed by atoms with Crippen molar-refractivity contribution in [2.75, 3.05) is 19.0 Å². The van der Waals surface area contributed by atoms with Gasteiger partial charge in [-0.2, -0.15) is 5.09 Å². The van der Waals surface area contributed by atoms with Gasteiger partial charge >= 0.3 is 13.7 Å². The monoisotopic (exact) mass is 576 g/mol. The van der Waals surface area contributed by atoms with Crippen molar-refractivity contribution in [2.45, 2.75) is 57.0 Å². The number of carbonyl (C=O) groups is 1. The highest BCUT2D eigenvalue weighted by molar-refractivity contribution is 7.52. The number of aliphatic hydroxyl groups is 1. The second-order valence-electron chi connectivity index (χ2n) is 9.21. The Balaban J connectivity index is 1.58. The van der Waals surface area contributed by atoms with E-state index in [9.17, 15) is 14.5 Å². The van der Waals surface area contributed by atoms with E-state index in [-0.39, 0.29) is 11.4 Å². The van der Waals surface area contributed by atoms with Crippen LogP contribution in [0.25, 0.3) is 11.2 Å². The molecule has 0 spiro atoms. The van der Waals surface area contributed by atoms with Crippen LogP contribution >= 0.6 is 7.75 Å². The first-order valence-corrected chi connectivity index (χ1v) is 13.9. The van der Waals surface area contributed by atoms with Gasteiger partial charge in [0.2, 0.25) is 5.67 Å². The number of fused-ring (bicyclic) bond motifs is 1. The molecule has 0 aliphatic carbocycles. The zero-order chi connectivity index (χ0) is 29.1. The van der Waals surface area contributed by atoms with Gasteiger partial charge in [-0.3, -0.25) is 13.9 Å². The molecule has 3 heterocycles. The highest BCUT2D eigenvalue weighted by Crippen LogP contribution is 2.48. The number of aliphatic hydroxyl groups excluding tert-OH is 1. The number of imidazole rings is 1. The molecule has 3 aromatic rings. The second kappa shape index (κ2) is 11.9. The fourth-order valence-electron chi connectivity index (χ4n) is 4.02. The van der Waals surface area contributed by atoms with Gasteiger partial charge in [-0.25, -0.2) is 23.9 Å². The first kappa shape index (κ1) is 29.4. The third-order valence-corrected chi connectivity index (χ3v) is 7.59. The third kappa shape index (κ3) is 5.94. The van der Waals surface area contributed by atoms with Gasteiger partial charge in [0.15, 0.2) is 17.7 Å². The molecule has 4 rings (SSSR count). The zero-order valence-corrected chi connectivity index (χ0v) is 23.1. The molecule has 40 heavy (non-hydrogen) atoms. The number of terminal acetylenes is 1. The predicted octanol–water partition coefficient (Wildman–Crippen LogP) is 2.60. The number of hydrogen-bond donors (Lipinski definition) is 3. The number of rotatable bonds is 11. The lowest BCUT2D eigenvalue weighted by molar-refractivity contribution is -0.149. The minimum atomic E-state index is -4.32. The number of nitrogens with one attached hydrogen (secondary N) is 2. The molecule has 1 fully saturated rings. The van der Waals surface area contributed by atoms with E-state index >= 15 is 4.39 Å². The summed E-state index contributed by atoms with van der Waals surface area (Å²) < 4.78 is 53.2. The summed E-state index contributed by atoms with van der Waals surface area (Å²) in [5.41, 5.74) is -2.21. The number of alkyl halides is 1. The molecule has 0 amide bonds. The first-order valence-electron chi connectivity index (χ1n) is 12.3. The van der Waals surface area contributed by atoms with E-state index in [1.807, 2.05) is 5.92 Å². The lowest BCUT2D eigenvalue weighted by atomic mass is 9.97. The van der Waals surface area contributed by atoms with Gasteiger partial charge in [0, 0.05) is 7.05 Å². The van der Waals surface area contributed by atoms with Gasteiger partial charge in [0.25, 0.3) is 0 Å². The standard InChI is InChI=1S/C25H30FN6O7P/c1-6-25(26)20(33)18(38-24(25)32-14-30-19-21(27-5)28-13-29-22(19)32)12-36-40(35,39-17-10-8-7-9-11-17)31-16(4)23(34)37-15(2)3/h1,7-11,13-16,18,20,24,33H,12H2,2-5H3,(H,31,35)(H,27,28,29)/t16-,18-,20-,24-,25-,40+/m1/s1. The number of aromatic nitrogens is 4. The Hall–Kier alpha value is -3.60. The maximum Gasteiger partial charge on any atom is 0.459 e. The molecular formula is C25H30FN6O7P. The first-order chi connectivity index (χ1) is 19.0. The van der Waals surface area contributed by atoms with E-state index in [1.54, 1.807) is 39.1 Å². The van der Waals surface area contributed by atoms with Crippen molar-refractivity contribution in [3.05, 3.63) is 43.0 Å². The fourth-order valence-corrected chi connectivity index (χ4v) is 5.53. The Morgan fingerprint density at radius 1 is 1.30 bits per heavy atom. The number of nitrogens with zero attached hydrogens (tertiary/aromatic N) is 4. The van der Waals surface area contributed by atoms with Crippen LogP contribution in [-0.2, 0) is 23.4 Å². The van der Waals surface area contributed by atoms with Crippen molar-refractivity contribution in [2.24, 2.45) is 0 Å². The maximum absolute atomic E-state index is 16.1. The fraction of sp³-hybridized carbons (Fsp3) is 0.440. The second-order valence-corrected chi connectivity index (χ2v) is 10.9. The van der Waals surface area contributed by atoms with Crippen LogP contribution in [0.5, 0.6) is 5.75 Å². The Bertz CT molecular complexity index is 1430. The summed E-state index contributed by atoms with van der Waals surface area (Å²) in [4.78, 5) is 24.8. The number of hydrogen-bond acceptors (Lipinski definition) is 11. The van der Waals surface area contributed by atoms with Crippen LogP contribution in [0.15, 0.2) is 43.0 Å². The van der Waals surface area contributed by atoms with Gasteiger partial charge in [-0.15, -0.1) is 6.42 Å². The van der Waals surface area contributed by atoms with Crippen LogP contribution in [0.2, 0.25) is 0 Å². The topological polar surface area (TPSA) is 159 Å². The van der Waals surface area contributed by atoms with Crippen molar-refractivity contribution < 1.29 is 37.4 Å². The van der Waals surface area contributed by atoms with Gasteiger partial charge in [0.1, 0.15) is 35.8 Å². The number of esters is 1. The molecule has 1 aliphatic rings. The molecule has 1 aliphatic heterocycles. The molecule has 1 saturated heterocycles. The Morgan fingerprint density at radius 3 is 2.67 bits per heavy atom. The lowest BCUT2D eigenvalue weighted by Gasteiger charge is -2.25. The summed E-state index contributed by atoms with van der Waals surface area (Å²) >= 11 is 0. The summed E-state index contributed by atoms with van der Waals surface area (Å²) in [6.07, 6.45) is 2.75. The number of ether oxygens (including phenoxy) is 2. The average molecular weight is 577 g/mol. The van der Waals surface area contributed by atoms with Crippen molar-refractivity contribution in [3.8, 4) is 18.1 Å². The number of benzene rings is 1. The molecule has 214 valence electrons. The van der Waals surface area contributed by atoms with Gasteiger partial charge in [0.05, 0.1) is 19.0 Å². The van der Waals surface area contributed by atoms with E-state index in [1.165, 1.54) is 36.3 Å². The van der Waals surface area contributed by atoms with E-state index < -0.39 is 56.6 Å². The van der Waals surface area contributed by atoms with Crippen LogP contribution in [0.1, 0.15) is 27.0 Å². The quantitative estimate of drug-likeness (QED) is 0.174. The molecule has 0 bridgehead atoms. The Morgan fingerprint density at radius 2 is 2.02 bits per heavy atom. The zero-order valence-electron chi connectivity index (χ0n) is 22.2. The lowest BCUT2D eigenvalue weighted by Crippen LogP contribution is -2.42. The molecule has 13 nitrogen and oxygen atoms in total. The highest BCUT2D eigenvalue weighted by atomic mass is 31.2. The van der Waals surface area contributed by atoms with Crippen molar-refractivity contribution in [3.63, 3.8) is 0 Å². The largest absolute Gasteiger partial charge is 0.462 e. The molecule has 3 N–H and O–H groups in total. The summed E-state index contributed by atoms with van der Waals surface area (Å²) in [6.45, 7) is 4.13. The average Bonchev–Trinajstić information content (AvgIpc) is 3.46. The predicted molar refractivity (Wildman–Crippen MR) is 142 cm³/mol. The number of carbonyl (C=O) groups excluding carboxylic acids is 1. The number of para-hydroxylation sites is 1. The van der Waals surface area contributed by atoms with Crippen molar-refractivity contribution in [1.29, 1.82) is 0 Å². The highest BCUT2D eigenvalue weighted by Gasteiger charge is 2.58. The third-order valence-electron chi connectivity index (χ3n) is 5.95. The molecule has 2 aromatic heterocycles. The van der Waals surface area contributed by atoms with Crippen molar-refractivity contribution >= 4 is 30.7 Å². The van der Waals surface area contributed by atoms with Gasteiger partial charge in [-0.05, 0) is 32.9 Å². The normalized spacial score (nSPS) is 24.8. The van der Waals surface area contributed by atoms with Gasteiger partial charge in [-0.1, -0.05) is 24.1 Å². The molecule has 1 aromatic carbocycles. The SMILES string of the molecule is C#C[C@@]1(F)[C@H](O)[C@@H](CO[P@@](=O)(N[C@H](C)C(=O)OC(C)C)Oc2ccccc2)O[C@H]1n1cnc2c(NC)ncnc21. The minimum absolute atomic E-state index is 0.168. The van der Waals surface area contributed by atoms with Crippen LogP contribution in [0, 0.1) is 12.3 Å². The van der Waals surface area contributed by atoms with E-state index in [4.69, 9.17) is 24.9 Å². The van der Waals surface area contributed by atoms with Crippen LogP contribution < -0.4 is 14.9 Å². The van der Waals surface area contributed by atoms with E-state index in [2.05, 4.69) is 25.4 Å². The van der Waals surface area contributed by atoms with E-state index in [0.29, 0.717) is 11.3 Å². The summed E-state index contributed by atoms with van der Waals surface area (Å²) in [5, 5.41) is 16.3. The van der Waals surface area contributed by atoms with Crippen molar-refractivity contribution in [1.82, 2.24) is 24.6 Å². The minimum Gasteiger partial charge on any atom is -0.462 e. The van der Waals surface area contributed by atoms with Crippen LogP contribution in [0.4, 0.5) is 10.2 Å². The Kier molecular flexibility index (Phi) is 8.72. The number of anilines is 1. The summed E-state index contributed by atoms with van der Waals surface area (Å²) in [7, 11) is -2.68. The summed E-state index contributed by atoms with van der Waals surface area (Å²) in [5.74, 6) is 1.84. The van der Waals surface area contributed by atoms with Crippen LogP contribution in [0.3, 0.4) is 0 Å². The summed E-state index contributed by atoms with van der Waals surface area (Å²) in [6, 6.07) is 6.97. The van der Waals surface area contributed by atoms with Crippen LogP contribution in [-0.4, -0.2) is 74.3 Å². The maximum atomic E-state index is 16.1. The molecule has 0 radical (unpaired) electrons.